The van der Waals surface area contributed by atoms with Gasteiger partial charge in [0.1, 0.15) is 5.82 Å². The summed E-state index contributed by atoms with van der Waals surface area (Å²) in [6, 6.07) is 8.16. The molecule has 0 atom stereocenters. The van der Waals surface area contributed by atoms with Gasteiger partial charge in [-0.05, 0) is 25.0 Å². The number of primary amides is 1. The topological polar surface area (TPSA) is 133 Å². The zero-order valence-corrected chi connectivity index (χ0v) is 16.4. The minimum Gasteiger partial charge on any atom is -0.483 e. The van der Waals surface area contributed by atoms with Crippen LogP contribution in [0.5, 0.6) is 0 Å². The van der Waals surface area contributed by atoms with Crippen LogP contribution in [0.2, 0.25) is 0 Å². The highest BCUT2D eigenvalue weighted by Crippen LogP contribution is 2.22. The number of ether oxygens (including phenoxy) is 1. The second-order valence-electron chi connectivity index (χ2n) is 5.84. The largest absolute Gasteiger partial charge is 0.483 e. The SMILES string of the molecule is COCCn1nc(CC(N)=O)nc1CCCc1nc2ccccc2s1.O=CO. The second kappa shape index (κ2) is 11.1. The summed E-state index contributed by atoms with van der Waals surface area (Å²) < 4.78 is 8.13. The summed E-state index contributed by atoms with van der Waals surface area (Å²) in [5.74, 6) is 0.901. The molecule has 0 unspecified atom stereocenters. The molecule has 0 fully saturated rings. The van der Waals surface area contributed by atoms with Crippen molar-refractivity contribution in [1.29, 1.82) is 0 Å². The second-order valence-corrected chi connectivity index (χ2v) is 6.95. The number of aromatic nitrogens is 4. The smallest absolute Gasteiger partial charge is 0.290 e. The van der Waals surface area contributed by atoms with Crippen molar-refractivity contribution < 1.29 is 19.4 Å². The Hall–Kier alpha value is -2.85. The first-order valence-corrected chi connectivity index (χ1v) is 9.51. The first-order valence-electron chi connectivity index (χ1n) is 8.69. The molecule has 2 aromatic heterocycles. The molecule has 1 aromatic carbocycles. The number of rotatable bonds is 9. The van der Waals surface area contributed by atoms with E-state index in [1.165, 1.54) is 4.70 Å². The van der Waals surface area contributed by atoms with Crippen LogP contribution in [-0.4, -0.2) is 51.0 Å². The lowest BCUT2D eigenvalue weighted by atomic mass is 10.2. The molecule has 0 radical (unpaired) electrons. The van der Waals surface area contributed by atoms with Gasteiger partial charge in [0.15, 0.2) is 5.82 Å². The molecule has 1 amide bonds. The van der Waals surface area contributed by atoms with Gasteiger partial charge in [0.2, 0.25) is 5.91 Å². The molecule has 3 aromatic rings. The first kappa shape index (κ1) is 21.5. The van der Waals surface area contributed by atoms with Gasteiger partial charge in [-0.2, -0.15) is 5.10 Å². The standard InChI is InChI=1S/C17H21N5O2S.CH2O2/c1-24-10-9-22-16(20-15(21-22)11-14(18)23)7-4-8-17-19-12-5-2-3-6-13(12)25-17;2-1-3/h2-3,5-6H,4,7-11H2,1H3,(H2,18,23);1H,(H,2,3). The minimum absolute atomic E-state index is 0.0604. The molecule has 0 aliphatic carbocycles. The van der Waals surface area contributed by atoms with Crippen molar-refractivity contribution in [3.8, 4) is 0 Å². The van der Waals surface area contributed by atoms with Crippen molar-refractivity contribution in [2.24, 2.45) is 5.73 Å². The summed E-state index contributed by atoms with van der Waals surface area (Å²) in [4.78, 5) is 28.6. The monoisotopic (exact) mass is 405 g/mol. The number of thiazole rings is 1. The number of carboxylic acid groups (broad SMARTS) is 1. The molecule has 0 aliphatic rings. The van der Waals surface area contributed by atoms with Gasteiger partial charge in [0.25, 0.3) is 6.47 Å². The number of para-hydroxylation sites is 1. The third-order valence-corrected chi connectivity index (χ3v) is 4.86. The number of aryl methyl sites for hydroxylation is 2. The maximum atomic E-state index is 11.1. The third kappa shape index (κ3) is 6.39. The third-order valence-electron chi connectivity index (χ3n) is 3.76. The summed E-state index contributed by atoms with van der Waals surface area (Å²) >= 11 is 1.73. The Morgan fingerprint density at radius 3 is 2.75 bits per heavy atom. The fourth-order valence-corrected chi connectivity index (χ4v) is 3.63. The number of benzene rings is 1. The zero-order valence-electron chi connectivity index (χ0n) is 15.6. The number of nitrogens with two attached hydrogens (primary N) is 1. The number of methoxy groups -OCH3 is 1. The number of hydrogen-bond acceptors (Lipinski definition) is 7. The van der Waals surface area contributed by atoms with E-state index in [0.29, 0.717) is 19.0 Å². The predicted octanol–water partition coefficient (Wildman–Crippen LogP) is 1.44. The van der Waals surface area contributed by atoms with Gasteiger partial charge in [-0.3, -0.25) is 9.59 Å². The fourth-order valence-electron chi connectivity index (χ4n) is 2.62. The van der Waals surface area contributed by atoms with E-state index >= 15 is 0 Å². The van der Waals surface area contributed by atoms with Gasteiger partial charge in [-0.25, -0.2) is 14.6 Å². The zero-order chi connectivity index (χ0) is 20.4. The van der Waals surface area contributed by atoms with E-state index in [1.54, 1.807) is 23.1 Å². The molecule has 0 saturated carbocycles. The fraction of sp³-hybridized carbons (Fsp3) is 0.389. The quantitative estimate of drug-likeness (QED) is 0.515. The lowest BCUT2D eigenvalue weighted by Crippen LogP contribution is -2.15. The van der Waals surface area contributed by atoms with Crippen molar-refractivity contribution in [1.82, 2.24) is 19.7 Å². The molecule has 2 heterocycles. The van der Waals surface area contributed by atoms with E-state index in [1.807, 2.05) is 18.2 Å². The van der Waals surface area contributed by atoms with Crippen molar-refractivity contribution in [3.05, 3.63) is 40.9 Å². The van der Waals surface area contributed by atoms with Crippen molar-refractivity contribution in [2.45, 2.75) is 32.2 Å². The first-order chi connectivity index (χ1) is 13.6. The lowest BCUT2D eigenvalue weighted by molar-refractivity contribution is -0.123. The van der Waals surface area contributed by atoms with Crippen LogP contribution in [0.25, 0.3) is 10.2 Å². The number of hydrogen-bond donors (Lipinski definition) is 2. The van der Waals surface area contributed by atoms with Crippen LogP contribution in [0.4, 0.5) is 0 Å². The molecule has 0 bridgehead atoms. The number of nitrogens with zero attached hydrogens (tertiary/aromatic N) is 4. The minimum atomic E-state index is -0.426. The molecule has 0 aliphatic heterocycles. The van der Waals surface area contributed by atoms with Crippen molar-refractivity contribution in [3.63, 3.8) is 0 Å². The molecular formula is C18H23N5O4S. The normalized spacial score (nSPS) is 10.5. The molecule has 0 saturated heterocycles. The Morgan fingerprint density at radius 1 is 1.32 bits per heavy atom. The van der Waals surface area contributed by atoms with Crippen LogP contribution >= 0.6 is 11.3 Å². The van der Waals surface area contributed by atoms with Crippen LogP contribution in [-0.2, 0) is 40.1 Å². The number of carbonyl (C=O) groups is 2. The lowest BCUT2D eigenvalue weighted by Gasteiger charge is -2.04. The maximum absolute atomic E-state index is 11.1. The van der Waals surface area contributed by atoms with Gasteiger partial charge >= 0.3 is 0 Å². The summed E-state index contributed by atoms with van der Waals surface area (Å²) in [6.07, 6.45) is 2.64. The number of carbonyl (C=O) groups excluding carboxylic acids is 1. The van der Waals surface area contributed by atoms with Crippen LogP contribution in [0, 0.1) is 0 Å². The van der Waals surface area contributed by atoms with Gasteiger partial charge < -0.3 is 15.6 Å². The average molecular weight is 405 g/mol. The van der Waals surface area contributed by atoms with E-state index in [-0.39, 0.29) is 12.9 Å². The van der Waals surface area contributed by atoms with Crippen LogP contribution < -0.4 is 5.73 Å². The molecule has 9 nitrogen and oxygen atoms in total. The summed E-state index contributed by atoms with van der Waals surface area (Å²) in [7, 11) is 1.65. The summed E-state index contributed by atoms with van der Waals surface area (Å²) in [5.41, 5.74) is 6.29. The number of fused-ring (bicyclic) bond motifs is 1. The van der Waals surface area contributed by atoms with E-state index in [2.05, 4.69) is 21.1 Å². The van der Waals surface area contributed by atoms with Gasteiger partial charge in [0, 0.05) is 13.5 Å². The molecule has 28 heavy (non-hydrogen) atoms. The van der Waals surface area contributed by atoms with E-state index < -0.39 is 5.91 Å². The van der Waals surface area contributed by atoms with Gasteiger partial charge in [-0.1, -0.05) is 12.1 Å². The predicted molar refractivity (Wildman–Crippen MR) is 105 cm³/mol. The molecular weight excluding hydrogens is 382 g/mol. The molecule has 150 valence electrons. The van der Waals surface area contributed by atoms with Crippen LogP contribution in [0.3, 0.4) is 0 Å². The Labute approximate surface area is 166 Å². The van der Waals surface area contributed by atoms with Gasteiger partial charge in [-0.15, -0.1) is 11.3 Å². The molecule has 3 rings (SSSR count). The summed E-state index contributed by atoms with van der Waals surface area (Å²) in [6.45, 7) is 0.906. The Bertz CT molecular complexity index is 875. The van der Waals surface area contributed by atoms with Gasteiger partial charge in [0.05, 0.1) is 34.8 Å². The average Bonchev–Trinajstić information content (AvgIpc) is 3.23. The maximum Gasteiger partial charge on any atom is 0.290 e. The highest BCUT2D eigenvalue weighted by atomic mass is 32.1. The van der Waals surface area contributed by atoms with Crippen LogP contribution in [0.15, 0.2) is 24.3 Å². The van der Waals surface area contributed by atoms with Crippen molar-refractivity contribution in [2.75, 3.05) is 13.7 Å². The Morgan fingerprint density at radius 2 is 2.07 bits per heavy atom. The molecule has 0 spiro atoms. The van der Waals surface area contributed by atoms with E-state index in [0.717, 1.165) is 35.6 Å². The Kier molecular flexibility index (Phi) is 8.50. The highest BCUT2D eigenvalue weighted by Gasteiger charge is 2.12. The van der Waals surface area contributed by atoms with Crippen LogP contribution in [0.1, 0.15) is 23.1 Å². The van der Waals surface area contributed by atoms with Crippen molar-refractivity contribution >= 4 is 33.9 Å². The van der Waals surface area contributed by atoms with E-state index in [4.69, 9.17) is 20.4 Å². The highest BCUT2D eigenvalue weighted by molar-refractivity contribution is 7.18. The molecule has 3 N–H and O–H groups in total. The Balaban J connectivity index is 0.000000878. The van der Waals surface area contributed by atoms with E-state index in [9.17, 15) is 4.79 Å². The number of amides is 1. The molecule has 10 heteroatoms. The summed E-state index contributed by atoms with van der Waals surface area (Å²) in [5, 5.41) is 12.4.